The quantitative estimate of drug-likeness (QED) is 0.132. The van der Waals surface area contributed by atoms with Gasteiger partial charge in [0.25, 0.3) is 0 Å². The van der Waals surface area contributed by atoms with Crippen molar-refractivity contribution >= 4 is 47.7 Å². The molecule has 2 aromatic carbocycles. The minimum atomic E-state index is -1.65. The van der Waals surface area contributed by atoms with E-state index in [1.54, 1.807) is 34.6 Å². The normalized spacial score (nSPS) is 20.7. The third kappa shape index (κ3) is 14.0. The highest BCUT2D eigenvalue weighted by Crippen LogP contribution is 2.44. The second-order valence-electron chi connectivity index (χ2n) is 16.5. The molecule has 0 bridgehead atoms. The number of esters is 4. The first kappa shape index (κ1) is 49.6. The fourth-order valence-electron chi connectivity index (χ4n) is 7.23. The third-order valence-corrected chi connectivity index (χ3v) is 9.86. The van der Waals surface area contributed by atoms with Crippen LogP contribution in [0.15, 0.2) is 48.5 Å². The second-order valence-corrected chi connectivity index (χ2v) is 16.5. The average Bonchev–Trinajstić information content (AvgIpc) is 3.50. The number of amides is 4. The average molecular weight is 883 g/mol. The van der Waals surface area contributed by atoms with Crippen molar-refractivity contribution in [3.63, 3.8) is 0 Å². The molecule has 0 aromatic heterocycles. The van der Waals surface area contributed by atoms with E-state index in [-0.39, 0.29) is 18.4 Å². The second kappa shape index (κ2) is 21.8. The van der Waals surface area contributed by atoms with Crippen molar-refractivity contribution < 1.29 is 71.5 Å². The van der Waals surface area contributed by atoms with Crippen molar-refractivity contribution in [2.45, 2.75) is 130 Å². The van der Waals surface area contributed by atoms with Crippen molar-refractivity contribution in [3.8, 4) is 11.1 Å². The number of hydrogen-bond donors (Lipinski definition) is 4. The highest BCUT2D eigenvalue weighted by molar-refractivity contribution is 5.91. The summed E-state index contributed by atoms with van der Waals surface area (Å²) in [4.78, 5) is 103. The summed E-state index contributed by atoms with van der Waals surface area (Å²) in [5, 5.41) is 10.1. The number of hydrogen-bond acceptors (Lipinski definition) is 15. The van der Waals surface area contributed by atoms with Gasteiger partial charge in [-0.3, -0.25) is 28.8 Å². The molecule has 4 amide bonds. The first-order chi connectivity index (χ1) is 29.6. The monoisotopic (exact) mass is 882 g/mol. The Balaban J connectivity index is 1.62. The van der Waals surface area contributed by atoms with Crippen LogP contribution in [0.5, 0.6) is 0 Å². The molecule has 19 nitrogen and oxygen atoms in total. The number of benzene rings is 2. The molecule has 1 heterocycles. The predicted molar refractivity (Wildman–Crippen MR) is 222 cm³/mol. The summed E-state index contributed by atoms with van der Waals surface area (Å²) in [6.07, 6.45) is -8.29. The van der Waals surface area contributed by atoms with E-state index in [0.29, 0.717) is 0 Å². The van der Waals surface area contributed by atoms with Gasteiger partial charge in [-0.05, 0) is 55.9 Å². The van der Waals surface area contributed by atoms with Crippen LogP contribution in [0.1, 0.15) is 86.3 Å². The molecule has 2 aromatic rings. The van der Waals surface area contributed by atoms with E-state index in [1.807, 2.05) is 48.5 Å². The van der Waals surface area contributed by atoms with Crippen LogP contribution in [0.25, 0.3) is 11.1 Å². The molecule has 0 spiro atoms. The minimum absolute atomic E-state index is 0.122. The van der Waals surface area contributed by atoms with Crippen LogP contribution in [0, 0.1) is 5.92 Å². The molecule has 4 N–H and O–H groups in total. The van der Waals surface area contributed by atoms with E-state index < -0.39 is 115 Å². The van der Waals surface area contributed by atoms with Crippen LogP contribution in [0.4, 0.5) is 4.79 Å². The number of carbonyl (C=O) groups is 8. The molecule has 0 saturated carbocycles. The predicted octanol–water partition coefficient (Wildman–Crippen LogP) is 2.55. The maximum Gasteiger partial charge on any atom is 0.407 e. The Kier molecular flexibility index (Phi) is 17.2. The third-order valence-electron chi connectivity index (χ3n) is 9.86. The molecule has 0 unspecified atom stereocenters. The lowest BCUT2D eigenvalue weighted by atomic mass is 9.95. The Bertz CT molecular complexity index is 1970. The molecule has 344 valence electrons. The summed E-state index contributed by atoms with van der Waals surface area (Å²) in [7, 11) is 0. The molecule has 63 heavy (non-hydrogen) atoms. The summed E-state index contributed by atoms with van der Waals surface area (Å²) < 4.78 is 39.7. The fraction of sp³-hybridized carbons (Fsp3) is 0.545. The lowest BCUT2D eigenvalue weighted by Crippen LogP contribution is -2.67. The van der Waals surface area contributed by atoms with Gasteiger partial charge in [0, 0.05) is 33.6 Å². The number of carbonyl (C=O) groups excluding carboxylic acids is 8. The van der Waals surface area contributed by atoms with Gasteiger partial charge in [-0.25, -0.2) is 9.59 Å². The Labute approximate surface area is 365 Å². The molecule has 19 heteroatoms. The molecule has 1 aliphatic heterocycles. The van der Waals surface area contributed by atoms with Crippen LogP contribution in [-0.2, 0) is 66.7 Å². The molecule has 1 fully saturated rings. The SMILES string of the molecule is CC(=O)N[C@H]1[C@@H](O[C@@H](C)[C@H](NC(=O)OCC2c3ccccc3-c3ccccc32)C(=O)NCC(=O)N[C@H](C(=O)OC(C)(C)C)C(C)C)O[C@H](COC(C)=O)[C@H](OC(C)=O)[C@@H]1OC(C)=O. The molecular formula is C44H58N4O15. The van der Waals surface area contributed by atoms with E-state index in [4.69, 9.17) is 33.2 Å². The van der Waals surface area contributed by atoms with Gasteiger partial charge in [0.1, 0.15) is 43.0 Å². The number of fused-ring (bicyclic) bond motifs is 3. The molecule has 8 atom stereocenters. The molecule has 2 aliphatic rings. The zero-order valence-electron chi connectivity index (χ0n) is 37.1. The smallest absolute Gasteiger partial charge is 0.407 e. The fourth-order valence-corrected chi connectivity index (χ4v) is 7.23. The van der Waals surface area contributed by atoms with E-state index in [0.717, 1.165) is 49.9 Å². The van der Waals surface area contributed by atoms with E-state index in [1.165, 1.54) is 6.92 Å². The highest BCUT2D eigenvalue weighted by Gasteiger charge is 2.52. The van der Waals surface area contributed by atoms with Gasteiger partial charge in [-0.1, -0.05) is 62.4 Å². The van der Waals surface area contributed by atoms with Gasteiger partial charge in [0.05, 0.1) is 12.6 Å². The van der Waals surface area contributed by atoms with E-state index >= 15 is 0 Å². The van der Waals surface area contributed by atoms with Gasteiger partial charge < -0.3 is 54.4 Å². The number of ether oxygens (including phenoxy) is 7. The van der Waals surface area contributed by atoms with Gasteiger partial charge >= 0.3 is 30.0 Å². The molecule has 4 rings (SSSR count). The zero-order valence-corrected chi connectivity index (χ0v) is 37.1. The number of alkyl carbamates (subject to hydrolysis) is 1. The van der Waals surface area contributed by atoms with Crippen molar-refractivity contribution in [3.05, 3.63) is 59.7 Å². The van der Waals surface area contributed by atoms with Gasteiger partial charge in [0.2, 0.25) is 17.7 Å². The summed E-state index contributed by atoms with van der Waals surface area (Å²) in [5.74, 6) is -6.12. The van der Waals surface area contributed by atoms with E-state index in [2.05, 4.69) is 21.3 Å². The first-order valence-corrected chi connectivity index (χ1v) is 20.5. The Morgan fingerprint density at radius 3 is 1.81 bits per heavy atom. The van der Waals surface area contributed by atoms with E-state index in [9.17, 15) is 38.4 Å². The topological polar surface area (TPSA) is 249 Å². The van der Waals surface area contributed by atoms with Gasteiger partial charge in [-0.15, -0.1) is 0 Å². The summed E-state index contributed by atoms with van der Waals surface area (Å²) in [5.41, 5.74) is 3.01. The Morgan fingerprint density at radius 1 is 0.714 bits per heavy atom. The van der Waals surface area contributed by atoms with Gasteiger partial charge in [0.15, 0.2) is 18.5 Å². The number of rotatable bonds is 17. The van der Waals surface area contributed by atoms with Crippen molar-refractivity contribution in [1.82, 2.24) is 21.3 Å². The minimum Gasteiger partial charge on any atom is -0.463 e. The van der Waals surface area contributed by atoms with Crippen LogP contribution >= 0.6 is 0 Å². The van der Waals surface area contributed by atoms with Crippen LogP contribution < -0.4 is 21.3 Å². The molecule has 1 aliphatic carbocycles. The van der Waals surface area contributed by atoms with Crippen molar-refractivity contribution in [2.75, 3.05) is 19.8 Å². The lowest BCUT2D eigenvalue weighted by molar-refractivity contribution is -0.287. The van der Waals surface area contributed by atoms with Gasteiger partial charge in [-0.2, -0.15) is 0 Å². The standard InChI is InChI=1S/C44H58N4O15/c1-22(2)35(41(55)63-44(8,9)10)47-34(53)19-45-40(54)36(48-43(56)58-20-32-30-17-13-11-15-28(30)29-16-12-14-18-31(29)32)23(3)59-42-37(46-24(4)49)39(61-27(7)52)38(60-26(6)51)33(62-42)21-57-25(5)50/h11-18,22-23,32-33,35-39,42H,19-21H2,1-10H3,(H,45,54)(H,46,49)(H,47,53)(H,48,56)/t23-,33+,35-,36-,37+,38-,39+,42-/m0/s1. The summed E-state index contributed by atoms with van der Waals surface area (Å²) in [6, 6.07) is 11.3. The Morgan fingerprint density at radius 2 is 1.29 bits per heavy atom. The van der Waals surface area contributed by atoms with Crippen LogP contribution in [0.2, 0.25) is 0 Å². The molecular weight excluding hydrogens is 824 g/mol. The molecule has 1 saturated heterocycles. The summed E-state index contributed by atoms with van der Waals surface area (Å²) in [6.45, 7) is 13.0. The summed E-state index contributed by atoms with van der Waals surface area (Å²) >= 11 is 0. The van der Waals surface area contributed by atoms with Crippen molar-refractivity contribution in [2.24, 2.45) is 5.92 Å². The first-order valence-electron chi connectivity index (χ1n) is 20.5. The zero-order chi connectivity index (χ0) is 46.8. The molecule has 0 radical (unpaired) electrons. The highest BCUT2D eigenvalue weighted by atomic mass is 16.7. The maximum atomic E-state index is 14.1. The van der Waals surface area contributed by atoms with Crippen LogP contribution in [-0.4, -0.2) is 122 Å². The van der Waals surface area contributed by atoms with Crippen LogP contribution in [0.3, 0.4) is 0 Å². The maximum absolute atomic E-state index is 14.1. The number of nitrogens with one attached hydrogen (secondary N) is 4. The lowest BCUT2D eigenvalue weighted by Gasteiger charge is -2.45. The largest absolute Gasteiger partial charge is 0.463 e. The Hall–Kier alpha value is -6.08. The van der Waals surface area contributed by atoms with Crippen molar-refractivity contribution in [1.29, 1.82) is 0 Å².